The smallest absolute Gasteiger partial charge is 0.323 e. The number of likely N-dealkylation sites (N-methyl/N-ethyl adjacent to an activating group) is 1. The molecule has 2 rings (SSSR count). The van der Waals surface area contributed by atoms with Crippen LogP contribution in [-0.4, -0.2) is 42.6 Å². The first-order valence-corrected chi connectivity index (χ1v) is 5.88. The van der Waals surface area contributed by atoms with Gasteiger partial charge in [0, 0.05) is 18.4 Å². The number of rotatable bonds is 3. The van der Waals surface area contributed by atoms with Gasteiger partial charge in [0.2, 0.25) is 0 Å². The molecule has 0 saturated carbocycles. The van der Waals surface area contributed by atoms with Crippen LogP contribution in [0.1, 0.15) is 12.1 Å². The van der Waals surface area contributed by atoms with E-state index < -0.39 is 0 Å². The van der Waals surface area contributed by atoms with Crippen LogP contribution in [0.3, 0.4) is 0 Å². The summed E-state index contributed by atoms with van der Waals surface area (Å²) in [4.78, 5) is 17.9. The number of aromatic nitrogens is 1. The molecule has 1 fully saturated rings. The Morgan fingerprint density at radius 2 is 2.41 bits per heavy atom. The molecule has 0 amide bonds. The summed E-state index contributed by atoms with van der Waals surface area (Å²) in [6.45, 7) is 0.927. The van der Waals surface area contributed by atoms with Crippen LogP contribution in [0.5, 0.6) is 0 Å². The average molecular weight is 234 g/mol. The zero-order valence-corrected chi connectivity index (χ0v) is 10.3. The van der Waals surface area contributed by atoms with Gasteiger partial charge in [-0.25, -0.2) is 0 Å². The molecule has 1 aromatic heterocycles. The predicted molar refractivity (Wildman–Crippen MR) is 64.5 cm³/mol. The number of nitrogens with zero attached hydrogens (tertiary/aromatic N) is 2. The van der Waals surface area contributed by atoms with Gasteiger partial charge in [-0.2, -0.15) is 0 Å². The Morgan fingerprint density at radius 1 is 1.59 bits per heavy atom. The maximum atomic E-state index is 11.5. The lowest BCUT2D eigenvalue weighted by Gasteiger charge is -2.15. The highest BCUT2D eigenvalue weighted by molar-refractivity contribution is 5.76. The normalized spacial score (nSPS) is 24.8. The largest absolute Gasteiger partial charge is 0.468 e. The summed E-state index contributed by atoms with van der Waals surface area (Å²) in [5.41, 5.74) is 1.09. The van der Waals surface area contributed by atoms with Gasteiger partial charge in [-0.15, -0.1) is 0 Å². The van der Waals surface area contributed by atoms with Gasteiger partial charge in [0.15, 0.2) is 0 Å². The molecule has 1 aliphatic heterocycles. The fourth-order valence-electron chi connectivity index (χ4n) is 2.48. The van der Waals surface area contributed by atoms with Crippen LogP contribution < -0.4 is 0 Å². The molecule has 4 heteroatoms. The van der Waals surface area contributed by atoms with E-state index in [1.165, 1.54) is 7.11 Å². The van der Waals surface area contributed by atoms with Gasteiger partial charge in [0.25, 0.3) is 0 Å². The summed E-state index contributed by atoms with van der Waals surface area (Å²) in [7, 11) is 3.42. The maximum absolute atomic E-state index is 11.5. The first kappa shape index (κ1) is 12.0. The van der Waals surface area contributed by atoms with Crippen LogP contribution in [0.4, 0.5) is 0 Å². The van der Waals surface area contributed by atoms with E-state index in [1.54, 1.807) is 0 Å². The van der Waals surface area contributed by atoms with Crippen molar-refractivity contribution >= 4 is 5.97 Å². The van der Waals surface area contributed by atoms with Crippen molar-refractivity contribution in [3.8, 4) is 0 Å². The van der Waals surface area contributed by atoms with Crippen LogP contribution in [0.25, 0.3) is 0 Å². The molecule has 0 bridgehead atoms. The third kappa shape index (κ3) is 2.82. The predicted octanol–water partition coefficient (Wildman–Crippen LogP) is 1.12. The highest BCUT2D eigenvalue weighted by Crippen LogP contribution is 2.25. The van der Waals surface area contributed by atoms with Gasteiger partial charge in [-0.3, -0.25) is 14.7 Å². The number of methoxy groups -OCH3 is 1. The Hall–Kier alpha value is -1.42. The van der Waals surface area contributed by atoms with Gasteiger partial charge in [0.05, 0.1) is 7.11 Å². The number of likely N-dealkylation sites (tertiary alicyclic amines) is 1. The SMILES string of the molecule is COC(=O)[C@@H]1CC(Cc2ccccn2)CN1C. The number of esters is 1. The van der Waals surface area contributed by atoms with Crippen molar-refractivity contribution in [1.29, 1.82) is 0 Å². The third-order valence-electron chi connectivity index (χ3n) is 3.33. The Kier molecular flexibility index (Phi) is 3.74. The number of ether oxygens (including phenoxy) is 1. The second-order valence-electron chi connectivity index (χ2n) is 4.61. The molecule has 4 nitrogen and oxygen atoms in total. The van der Waals surface area contributed by atoms with E-state index in [4.69, 9.17) is 4.74 Å². The monoisotopic (exact) mass is 234 g/mol. The van der Waals surface area contributed by atoms with Crippen molar-refractivity contribution in [2.45, 2.75) is 18.9 Å². The molecule has 1 unspecified atom stereocenters. The second-order valence-corrected chi connectivity index (χ2v) is 4.61. The Morgan fingerprint density at radius 3 is 3.06 bits per heavy atom. The third-order valence-corrected chi connectivity index (χ3v) is 3.33. The minimum Gasteiger partial charge on any atom is -0.468 e. The maximum Gasteiger partial charge on any atom is 0.323 e. The minimum atomic E-state index is -0.129. The molecule has 0 aromatic carbocycles. The zero-order chi connectivity index (χ0) is 12.3. The summed E-state index contributed by atoms with van der Waals surface area (Å²) in [5.74, 6) is 0.357. The molecule has 0 spiro atoms. The molecule has 0 radical (unpaired) electrons. The molecule has 1 aromatic rings. The fourth-order valence-corrected chi connectivity index (χ4v) is 2.48. The van der Waals surface area contributed by atoms with Gasteiger partial charge >= 0.3 is 5.97 Å². The second kappa shape index (κ2) is 5.27. The van der Waals surface area contributed by atoms with E-state index in [1.807, 2.05) is 31.4 Å². The lowest BCUT2D eigenvalue weighted by atomic mass is 9.99. The van der Waals surface area contributed by atoms with Gasteiger partial charge in [-0.1, -0.05) is 6.07 Å². The molecule has 2 heterocycles. The van der Waals surface area contributed by atoms with Gasteiger partial charge in [-0.05, 0) is 37.9 Å². The molecule has 17 heavy (non-hydrogen) atoms. The summed E-state index contributed by atoms with van der Waals surface area (Å²) in [5, 5.41) is 0. The number of carbonyl (C=O) groups is 1. The Bertz CT molecular complexity index is 380. The molecular formula is C13H18N2O2. The number of carbonyl (C=O) groups excluding carboxylic acids is 1. The number of pyridine rings is 1. The highest BCUT2D eigenvalue weighted by atomic mass is 16.5. The summed E-state index contributed by atoms with van der Waals surface area (Å²) < 4.78 is 4.81. The van der Waals surface area contributed by atoms with Crippen LogP contribution >= 0.6 is 0 Å². The van der Waals surface area contributed by atoms with E-state index in [0.717, 1.165) is 25.1 Å². The lowest BCUT2D eigenvalue weighted by Crippen LogP contribution is -2.33. The van der Waals surface area contributed by atoms with Crippen molar-refractivity contribution < 1.29 is 9.53 Å². The van der Waals surface area contributed by atoms with Crippen molar-refractivity contribution in [3.63, 3.8) is 0 Å². The van der Waals surface area contributed by atoms with Crippen LogP contribution in [0.15, 0.2) is 24.4 Å². The molecule has 1 aliphatic rings. The van der Waals surface area contributed by atoms with Crippen molar-refractivity contribution in [2.75, 3.05) is 20.7 Å². The first-order valence-electron chi connectivity index (χ1n) is 5.88. The summed E-state index contributed by atoms with van der Waals surface area (Å²) in [6.07, 6.45) is 3.60. The van der Waals surface area contributed by atoms with Crippen molar-refractivity contribution in [1.82, 2.24) is 9.88 Å². The lowest BCUT2D eigenvalue weighted by molar-refractivity contribution is -0.145. The molecular weight excluding hydrogens is 216 g/mol. The Labute approximate surface area is 102 Å². The highest BCUT2D eigenvalue weighted by Gasteiger charge is 2.35. The summed E-state index contributed by atoms with van der Waals surface area (Å²) in [6, 6.07) is 5.86. The molecule has 0 aliphatic carbocycles. The standard InChI is InChI=1S/C13H18N2O2/c1-15-9-10(8-12(15)13(16)17-2)7-11-5-3-4-6-14-11/h3-6,10,12H,7-9H2,1-2H3/t10?,12-/m0/s1. The van der Waals surface area contributed by atoms with E-state index in [2.05, 4.69) is 9.88 Å². The molecule has 1 saturated heterocycles. The fraction of sp³-hybridized carbons (Fsp3) is 0.538. The zero-order valence-electron chi connectivity index (χ0n) is 10.3. The molecule has 2 atom stereocenters. The van der Waals surface area contributed by atoms with Crippen LogP contribution in [0.2, 0.25) is 0 Å². The van der Waals surface area contributed by atoms with Crippen molar-refractivity contribution in [2.24, 2.45) is 5.92 Å². The van der Waals surface area contributed by atoms with E-state index >= 15 is 0 Å². The van der Waals surface area contributed by atoms with Crippen LogP contribution in [0, 0.1) is 5.92 Å². The van der Waals surface area contributed by atoms with E-state index in [-0.39, 0.29) is 12.0 Å². The van der Waals surface area contributed by atoms with Gasteiger partial charge < -0.3 is 4.74 Å². The molecule has 0 N–H and O–H groups in total. The van der Waals surface area contributed by atoms with E-state index in [9.17, 15) is 4.79 Å². The quantitative estimate of drug-likeness (QED) is 0.735. The minimum absolute atomic E-state index is 0.0892. The number of hydrogen-bond acceptors (Lipinski definition) is 4. The number of hydrogen-bond donors (Lipinski definition) is 0. The summed E-state index contributed by atoms with van der Waals surface area (Å²) >= 11 is 0. The molecule has 92 valence electrons. The Balaban J connectivity index is 1.95. The van der Waals surface area contributed by atoms with Crippen LogP contribution in [-0.2, 0) is 16.0 Å². The topological polar surface area (TPSA) is 42.4 Å². The first-order chi connectivity index (χ1) is 8.20. The average Bonchev–Trinajstić information content (AvgIpc) is 2.70. The van der Waals surface area contributed by atoms with E-state index in [0.29, 0.717) is 5.92 Å². The van der Waals surface area contributed by atoms with Crippen molar-refractivity contribution in [3.05, 3.63) is 30.1 Å². The van der Waals surface area contributed by atoms with Gasteiger partial charge in [0.1, 0.15) is 6.04 Å².